The van der Waals surface area contributed by atoms with Crippen LogP contribution in [0.3, 0.4) is 0 Å². The van der Waals surface area contributed by atoms with Gasteiger partial charge in [-0.15, -0.1) is 0 Å². The summed E-state index contributed by atoms with van der Waals surface area (Å²) in [7, 11) is 1.97. The predicted molar refractivity (Wildman–Crippen MR) is 93.7 cm³/mol. The molecule has 0 saturated heterocycles. The van der Waals surface area contributed by atoms with E-state index in [1.165, 1.54) is 0 Å². The van der Waals surface area contributed by atoms with E-state index in [0.717, 1.165) is 35.7 Å². The Kier molecular flexibility index (Phi) is 4.51. The maximum absolute atomic E-state index is 13.0. The Morgan fingerprint density at radius 1 is 1.26 bits per heavy atom. The second kappa shape index (κ2) is 6.73. The van der Waals surface area contributed by atoms with Gasteiger partial charge < -0.3 is 15.0 Å². The van der Waals surface area contributed by atoms with E-state index in [2.05, 4.69) is 5.32 Å². The van der Waals surface area contributed by atoms with Gasteiger partial charge in [-0.2, -0.15) is 0 Å². The molecule has 1 aliphatic heterocycles. The number of carbonyl (C=O) groups excluding carboxylic acids is 1. The number of hydrogen-bond acceptors (Lipinski definition) is 4. The van der Waals surface area contributed by atoms with Crippen LogP contribution in [-0.2, 0) is 0 Å². The van der Waals surface area contributed by atoms with E-state index in [1.807, 2.05) is 67.4 Å². The van der Waals surface area contributed by atoms with Crippen molar-refractivity contribution in [3.05, 3.63) is 54.1 Å². The summed E-state index contributed by atoms with van der Waals surface area (Å²) in [5.74, 6) is 0.950. The molecule has 0 aliphatic carbocycles. The number of hydrogen-bond donors (Lipinski definition) is 1. The number of Topliss-reactive ketones (excluding diaryl/α,β-unsaturated/α-hetero) is 1. The van der Waals surface area contributed by atoms with Crippen LogP contribution in [0.15, 0.2) is 48.5 Å². The van der Waals surface area contributed by atoms with Gasteiger partial charge in [-0.05, 0) is 36.8 Å². The van der Waals surface area contributed by atoms with Crippen molar-refractivity contribution in [3.8, 4) is 5.75 Å². The fourth-order valence-corrected chi connectivity index (χ4v) is 2.96. The quantitative estimate of drug-likeness (QED) is 0.857. The number of carbonyl (C=O) groups is 1. The van der Waals surface area contributed by atoms with Crippen LogP contribution in [-0.4, -0.2) is 32.0 Å². The highest BCUT2D eigenvalue weighted by atomic mass is 16.5. The summed E-state index contributed by atoms with van der Waals surface area (Å²) in [5, 5.41) is 3.28. The highest BCUT2D eigenvalue weighted by molar-refractivity contribution is 6.02. The minimum Gasteiger partial charge on any atom is -0.490 e. The highest BCUT2D eigenvalue weighted by Gasteiger charge is 2.24. The molecule has 4 nitrogen and oxygen atoms in total. The van der Waals surface area contributed by atoms with Crippen LogP contribution in [0.25, 0.3) is 0 Å². The Bertz CT molecular complexity index is 685. The summed E-state index contributed by atoms with van der Waals surface area (Å²) in [4.78, 5) is 15.0. The Hall–Kier alpha value is -2.49. The molecule has 2 aromatic rings. The van der Waals surface area contributed by atoms with E-state index in [0.29, 0.717) is 6.61 Å². The van der Waals surface area contributed by atoms with Crippen LogP contribution in [0, 0.1) is 0 Å². The zero-order valence-corrected chi connectivity index (χ0v) is 13.6. The van der Waals surface area contributed by atoms with E-state index in [1.54, 1.807) is 0 Å². The number of nitrogens with one attached hydrogen (secondary N) is 1. The first-order valence-electron chi connectivity index (χ1n) is 8.03. The van der Waals surface area contributed by atoms with Gasteiger partial charge >= 0.3 is 0 Å². The molecule has 23 heavy (non-hydrogen) atoms. The first-order chi connectivity index (χ1) is 11.2. The lowest BCUT2D eigenvalue weighted by atomic mass is 9.99. The predicted octanol–water partition coefficient (Wildman–Crippen LogP) is 3.59. The van der Waals surface area contributed by atoms with Gasteiger partial charge in [0.25, 0.3) is 0 Å². The number of ether oxygens (including phenoxy) is 1. The average molecular weight is 310 g/mol. The van der Waals surface area contributed by atoms with Gasteiger partial charge in [-0.1, -0.05) is 25.1 Å². The lowest BCUT2D eigenvalue weighted by Crippen LogP contribution is -2.38. The van der Waals surface area contributed by atoms with Crippen molar-refractivity contribution >= 4 is 17.2 Å². The standard InChI is InChI=1S/C19H22N2O2/c1-3-17(21(2)15-7-5-4-6-8-15)19(22)14-9-10-18-16(13-14)20-11-12-23-18/h4-10,13,17,20H,3,11-12H2,1-2H3. The monoisotopic (exact) mass is 310 g/mol. The zero-order valence-electron chi connectivity index (χ0n) is 13.6. The van der Waals surface area contributed by atoms with E-state index in [9.17, 15) is 4.79 Å². The number of nitrogens with zero attached hydrogens (tertiary/aromatic N) is 1. The third-order valence-corrected chi connectivity index (χ3v) is 4.26. The Morgan fingerprint density at radius 2 is 2.04 bits per heavy atom. The van der Waals surface area contributed by atoms with Crippen molar-refractivity contribution in [2.45, 2.75) is 19.4 Å². The highest BCUT2D eigenvalue weighted by Crippen LogP contribution is 2.29. The summed E-state index contributed by atoms with van der Waals surface area (Å²) in [6.07, 6.45) is 0.755. The summed E-state index contributed by atoms with van der Waals surface area (Å²) in [6.45, 7) is 3.47. The number of fused-ring (bicyclic) bond motifs is 1. The third-order valence-electron chi connectivity index (χ3n) is 4.26. The summed E-state index contributed by atoms with van der Waals surface area (Å²) in [5.41, 5.74) is 2.67. The molecule has 0 amide bonds. The SMILES string of the molecule is CCC(C(=O)c1ccc2c(c1)NCCO2)N(C)c1ccccc1. The van der Waals surface area contributed by atoms with Crippen LogP contribution in [0.4, 0.5) is 11.4 Å². The topological polar surface area (TPSA) is 41.6 Å². The lowest BCUT2D eigenvalue weighted by Gasteiger charge is -2.28. The van der Waals surface area contributed by atoms with Crippen LogP contribution < -0.4 is 15.0 Å². The van der Waals surface area contributed by atoms with Crippen LogP contribution in [0.2, 0.25) is 0 Å². The Balaban J connectivity index is 1.85. The van der Waals surface area contributed by atoms with Crippen molar-refractivity contribution < 1.29 is 9.53 Å². The molecule has 0 bridgehead atoms. The maximum atomic E-state index is 13.0. The zero-order chi connectivity index (χ0) is 16.2. The van der Waals surface area contributed by atoms with Gasteiger partial charge in [0, 0.05) is 24.8 Å². The summed E-state index contributed by atoms with van der Waals surface area (Å²) < 4.78 is 5.58. The smallest absolute Gasteiger partial charge is 0.185 e. The van der Waals surface area contributed by atoms with Gasteiger partial charge in [0.1, 0.15) is 12.4 Å². The second-order valence-electron chi connectivity index (χ2n) is 5.72. The molecule has 120 valence electrons. The van der Waals surface area contributed by atoms with Gasteiger partial charge in [-0.3, -0.25) is 4.79 Å². The number of benzene rings is 2. The van der Waals surface area contributed by atoms with Crippen LogP contribution >= 0.6 is 0 Å². The molecule has 0 saturated carbocycles. The van der Waals surface area contributed by atoms with E-state index < -0.39 is 0 Å². The Labute approximate surface area is 137 Å². The number of para-hydroxylation sites is 1. The van der Waals surface area contributed by atoms with Gasteiger partial charge in [0.15, 0.2) is 5.78 Å². The molecule has 1 heterocycles. The third kappa shape index (κ3) is 3.16. The van der Waals surface area contributed by atoms with Crippen molar-refractivity contribution in [3.63, 3.8) is 0 Å². The molecule has 0 fully saturated rings. The van der Waals surface area contributed by atoms with Crippen molar-refractivity contribution in [2.75, 3.05) is 30.4 Å². The van der Waals surface area contributed by atoms with E-state index in [-0.39, 0.29) is 11.8 Å². The van der Waals surface area contributed by atoms with Crippen molar-refractivity contribution in [1.29, 1.82) is 0 Å². The molecule has 2 aromatic carbocycles. The minimum atomic E-state index is -0.181. The molecule has 0 radical (unpaired) electrons. The first kappa shape index (κ1) is 15.4. The molecule has 3 rings (SSSR count). The molecule has 1 aliphatic rings. The van der Waals surface area contributed by atoms with E-state index in [4.69, 9.17) is 4.74 Å². The lowest BCUT2D eigenvalue weighted by molar-refractivity contribution is 0.0957. The fraction of sp³-hybridized carbons (Fsp3) is 0.316. The molecular weight excluding hydrogens is 288 g/mol. The van der Waals surface area contributed by atoms with Gasteiger partial charge in [0.05, 0.1) is 11.7 Å². The molecule has 1 unspecified atom stereocenters. The average Bonchev–Trinajstić information content (AvgIpc) is 2.62. The molecule has 4 heteroatoms. The maximum Gasteiger partial charge on any atom is 0.185 e. The number of rotatable bonds is 5. The van der Waals surface area contributed by atoms with Crippen LogP contribution in [0.1, 0.15) is 23.7 Å². The molecule has 1 N–H and O–H groups in total. The van der Waals surface area contributed by atoms with Crippen LogP contribution in [0.5, 0.6) is 5.75 Å². The number of likely N-dealkylation sites (N-methyl/N-ethyl adjacent to an activating group) is 1. The number of ketones is 1. The normalized spacial score (nSPS) is 14.2. The Morgan fingerprint density at radius 3 is 2.78 bits per heavy atom. The fourth-order valence-electron chi connectivity index (χ4n) is 2.96. The van der Waals surface area contributed by atoms with Crippen molar-refractivity contribution in [1.82, 2.24) is 0 Å². The molecular formula is C19H22N2O2. The molecule has 1 atom stereocenters. The second-order valence-corrected chi connectivity index (χ2v) is 5.72. The summed E-state index contributed by atoms with van der Waals surface area (Å²) >= 11 is 0. The van der Waals surface area contributed by atoms with Gasteiger partial charge in [0.2, 0.25) is 0 Å². The van der Waals surface area contributed by atoms with Gasteiger partial charge in [-0.25, -0.2) is 0 Å². The first-order valence-corrected chi connectivity index (χ1v) is 8.03. The number of anilines is 2. The van der Waals surface area contributed by atoms with Crippen molar-refractivity contribution in [2.24, 2.45) is 0 Å². The largest absolute Gasteiger partial charge is 0.490 e. The molecule has 0 spiro atoms. The molecule has 0 aromatic heterocycles. The minimum absolute atomic E-state index is 0.133. The van der Waals surface area contributed by atoms with E-state index >= 15 is 0 Å². The summed E-state index contributed by atoms with van der Waals surface area (Å²) in [6, 6.07) is 15.5.